The number of fused-ring (bicyclic) bond motifs is 1. The van der Waals surface area contributed by atoms with Gasteiger partial charge in [-0.3, -0.25) is 0 Å². The first kappa shape index (κ1) is 12.0. The number of methoxy groups -OCH3 is 1. The van der Waals surface area contributed by atoms with Crippen LogP contribution in [0.1, 0.15) is 6.42 Å². The number of hydrogen-bond acceptors (Lipinski definition) is 6. The van der Waals surface area contributed by atoms with Crippen LogP contribution in [0.25, 0.3) is 5.65 Å². The van der Waals surface area contributed by atoms with Crippen molar-refractivity contribution >= 4 is 23.1 Å². The number of anilines is 1. The molecule has 0 spiro atoms. The lowest BCUT2D eigenvalue weighted by atomic mass is 10.3. The molecule has 8 heteroatoms. The van der Waals surface area contributed by atoms with Crippen LogP contribution in [0.3, 0.4) is 0 Å². The van der Waals surface area contributed by atoms with Gasteiger partial charge in [-0.1, -0.05) is 0 Å². The van der Waals surface area contributed by atoms with E-state index in [-0.39, 0.29) is 5.38 Å². The lowest BCUT2D eigenvalue weighted by Gasteiger charge is -2.09. The summed E-state index contributed by atoms with van der Waals surface area (Å²) < 4.78 is 6.32. The number of aromatic nitrogens is 5. The molecular weight excluding hydrogens is 244 g/mol. The van der Waals surface area contributed by atoms with E-state index in [0.717, 1.165) is 13.0 Å². The van der Waals surface area contributed by atoms with Crippen LogP contribution >= 0.6 is 11.6 Å². The van der Waals surface area contributed by atoms with Gasteiger partial charge in [0.2, 0.25) is 0 Å². The Morgan fingerprint density at radius 1 is 1.53 bits per heavy atom. The highest BCUT2D eigenvalue weighted by atomic mass is 35.5. The van der Waals surface area contributed by atoms with Crippen molar-refractivity contribution in [3.8, 4) is 0 Å². The van der Waals surface area contributed by atoms with Gasteiger partial charge in [0.25, 0.3) is 0 Å². The predicted molar refractivity (Wildman–Crippen MR) is 63.2 cm³/mol. The maximum absolute atomic E-state index is 6.00. The normalized spacial score (nSPS) is 12.8. The summed E-state index contributed by atoms with van der Waals surface area (Å²) in [5.41, 5.74) is 0.616. The molecule has 0 aliphatic rings. The van der Waals surface area contributed by atoms with Gasteiger partial charge in [-0.2, -0.15) is 0 Å². The molecule has 17 heavy (non-hydrogen) atoms. The molecule has 0 aliphatic carbocycles. The maximum atomic E-state index is 6.00. The van der Waals surface area contributed by atoms with Gasteiger partial charge in [-0.15, -0.1) is 26.4 Å². The minimum atomic E-state index is 0.00395. The van der Waals surface area contributed by atoms with E-state index < -0.39 is 0 Å². The summed E-state index contributed by atoms with van der Waals surface area (Å²) in [6, 6.07) is 3.62. The lowest BCUT2D eigenvalue weighted by Crippen LogP contribution is -2.14. The van der Waals surface area contributed by atoms with Crippen molar-refractivity contribution in [3.05, 3.63) is 12.1 Å². The Hall–Kier alpha value is -1.47. The molecule has 92 valence electrons. The first-order valence-electron chi connectivity index (χ1n) is 5.22. The fourth-order valence-electron chi connectivity index (χ4n) is 1.36. The van der Waals surface area contributed by atoms with E-state index >= 15 is 0 Å². The van der Waals surface area contributed by atoms with Crippen molar-refractivity contribution in [2.24, 2.45) is 0 Å². The number of ether oxygens (including phenoxy) is 1. The molecule has 2 rings (SSSR count). The van der Waals surface area contributed by atoms with Crippen LogP contribution in [0, 0.1) is 0 Å². The third kappa shape index (κ3) is 3.24. The van der Waals surface area contributed by atoms with E-state index in [4.69, 9.17) is 16.3 Å². The molecule has 0 aromatic carbocycles. The third-order valence-electron chi connectivity index (χ3n) is 2.18. The Morgan fingerprint density at radius 3 is 3.24 bits per heavy atom. The second kappa shape index (κ2) is 5.74. The van der Waals surface area contributed by atoms with Crippen LogP contribution in [-0.2, 0) is 4.74 Å². The van der Waals surface area contributed by atoms with Gasteiger partial charge < -0.3 is 10.1 Å². The molecule has 0 radical (unpaired) electrons. The first-order valence-corrected chi connectivity index (χ1v) is 5.65. The molecule has 0 bridgehead atoms. The summed E-state index contributed by atoms with van der Waals surface area (Å²) in [4.78, 5) is 0. The molecule has 0 saturated carbocycles. The molecule has 0 saturated heterocycles. The quantitative estimate of drug-likeness (QED) is 0.762. The largest absolute Gasteiger partial charge is 0.383 e. The van der Waals surface area contributed by atoms with E-state index in [1.807, 2.05) is 6.07 Å². The smallest absolute Gasteiger partial charge is 0.200 e. The minimum absolute atomic E-state index is 0.00395. The molecule has 0 fully saturated rings. The minimum Gasteiger partial charge on any atom is -0.383 e. The third-order valence-corrected chi connectivity index (χ3v) is 2.52. The van der Waals surface area contributed by atoms with Crippen LogP contribution in [0.2, 0.25) is 0 Å². The monoisotopic (exact) mass is 256 g/mol. The summed E-state index contributed by atoms with van der Waals surface area (Å²) in [6.45, 7) is 1.26. The number of tetrazole rings is 1. The maximum Gasteiger partial charge on any atom is 0.200 e. The number of nitrogens with zero attached hydrogens (tertiary/aromatic N) is 5. The Labute approximate surface area is 103 Å². The number of rotatable bonds is 6. The number of hydrogen-bond donors (Lipinski definition) is 1. The second-order valence-electron chi connectivity index (χ2n) is 3.51. The van der Waals surface area contributed by atoms with E-state index in [0.29, 0.717) is 18.1 Å². The molecule has 1 atom stereocenters. The number of halogens is 1. The Balaban J connectivity index is 1.86. The topological polar surface area (TPSA) is 77.2 Å². The molecule has 2 aromatic rings. The predicted octanol–water partition coefficient (Wildman–Crippen LogP) is 0.575. The zero-order valence-corrected chi connectivity index (χ0v) is 10.1. The van der Waals surface area contributed by atoms with Crippen LogP contribution in [0.15, 0.2) is 12.1 Å². The van der Waals surface area contributed by atoms with Crippen molar-refractivity contribution in [1.82, 2.24) is 25.3 Å². The zero-order chi connectivity index (χ0) is 12.1. The first-order chi connectivity index (χ1) is 8.29. The molecule has 0 aliphatic heterocycles. The Morgan fingerprint density at radius 2 is 2.41 bits per heavy atom. The fraction of sp³-hybridized carbons (Fsp3) is 0.556. The standard InChI is InChI=1S/C9H13ClN6O/c1-17-6-7(10)4-5-11-8-2-3-9-12-14-15-16(9)13-8/h2-3,7H,4-6H2,1H3,(H,11,13). The molecule has 7 nitrogen and oxygen atoms in total. The Kier molecular flexibility index (Phi) is 4.05. The molecule has 1 unspecified atom stereocenters. The highest BCUT2D eigenvalue weighted by Crippen LogP contribution is 2.06. The van der Waals surface area contributed by atoms with Crippen LogP contribution in [0.4, 0.5) is 5.82 Å². The lowest BCUT2D eigenvalue weighted by molar-refractivity contribution is 0.196. The molecule has 1 N–H and O–H groups in total. The highest BCUT2D eigenvalue weighted by molar-refractivity contribution is 6.20. The van der Waals surface area contributed by atoms with Gasteiger partial charge in [0.05, 0.1) is 12.0 Å². The average Bonchev–Trinajstić information content (AvgIpc) is 2.76. The molecule has 0 amide bonds. The zero-order valence-electron chi connectivity index (χ0n) is 9.38. The van der Waals surface area contributed by atoms with Crippen molar-refractivity contribution in [2.45, 2.75) is 11.8 Å². The van der Waals surface area contributed by atoms with Gasteiger partial charge >= 0.3 is 0 Å². The second-order valence-corrected chi connectivity index (χ2v) is 4.13. The van der Waals surface area contributed by atoms with Crippen molar-refractivity contribution in [1.29, 1.82) is 0 Å². The van der Waals surface area contributed by atoms with E-state index in [9.17, 15) is 0 Å². The van der Waals surface area contributed by atoms with Gasteiger partial charge in [0.1, 0.15) is 5.82 Å². The number of alkyl halides is 1. The van der Waals surface area contributed by atoms with Crippen molar-refractivity contribution in [3.63, 3.8) is 0 Å². The summed E-state index contributed by atoms with van der Waals surface area (Å²) in [5.74, 6) is 0.714. The van der Waals surface area contributed by atoms with E-state index in [1.165, 1.54) is 4.63 Å². The van der Waals surface area contributed by atoms with Crippen LogP contribution in [-0.4, -0.2) is 50.9 Å². The summed E-state index contributed by atoms with van der Waals surface area (Å²) in [6.07, 6.45) is 0.796. The van der Waals surface area contributed by atoms with Crippen molar-refractivity contribution < 1.29 is 4.74 Å². The van der Waals surface area contributed by atoms with Crippen molar-refractivity contribution in [2.75, 3.05) is 25.6 Å². The van der Waals surface area contributed by atoms with Gasteiger partial charge in [0, 0.05) is 13.7 Å². The van der Waals surface area contributed by atoms with Crippen LogP contribution < -0.4 is 5.32 Å². The molecule has 2 aromatic heterocycles. The van der Waals surface area contributed by atoms with Gasteiger partial charge in [-0.05, 0) is 29.0 Å². The number of nitrogens with one attached hydrogen (secondary N) is 1. The fourth-order valence-corrected chi connectivity index (χ4v) is 1.60. The summed E-state index contributed by atoms with van der Waals surface area (Å²) in [5, 5.41) is 18.3. The van der Waals surface area contributed by atoms with Crippen LogP contribution in [0.5, 0.6) is 0 Å². The average molecular weight is 257 g/mol. The molecular formula is C9H13ClN6O. The van der Waals surface area contributed by atoms with E-state index in [1.54, 1.807) is 13.2 Å². The summed E-state index contributed by atoms with van der Waals surface area (Å²) in [7, 11) is 1.63. The SMILES string of the molecule is COCC(Cl)CCNc1ccc2nnnn2n1. The highest BCUT2D eigenvalue weighted by Gasteiger charge is 2.04. The molecule has 2 heterocycles. The van der Waals surface area contributed by atoms with E-state index in [2.05, 4.69) is 25.9 Å². The summed E-state index contributed by atoms with van der Waals surface area (Å²) >= 11 is 6.00. The van der Waals surface area contributed by atoms with Gasteiger partial charge in [0.15, 0.2) is 5.65 Å². The van der Waals surface area contributed by atoms with Gasteiger partial charge in [-0.25, -0.2) is 0 Å². The Bertz CT molecular complexity index is 475.